The van der Waals surface area contributed by atoms with Crippen molar-refractivity contribution in [1.82, 2.24) is 15.6 Å². The monoisotopic (exact) mass is 365 g/mol. The summed E-state index contributed by atoms with van der Waals surface area (Å²) in [5, 5.41) is 7.45. The van der Waals surface area contributed by atoms with E-state index >= 15 is 0 Å². The van der Waals surface area contributed by atoms with Crippen LogP contribution in [0.1, 0.15) is 30.9 Å². The first-order valence-electron chi connectivity index (χ1n) is 9.35. The fourth-order valence-electron chi connectivity index (χ4n) is 3.34. The third kappa shape index (κ3) is 4.31. The maximum Gasteiger partial charge on any atom is 0.236 e. The number of para-hydroxylation sites is 1. The normalized spacial score (nSPS) is 13.3. The third-order valence-corrected chi connectivity index (χ3v) is 4.89. The SMILES string of the molecule is CCNC(=O)[C@@H](C)NC[C@@H](c1ccc(OC)cc1)c1c[nH]c2ccccc12. The Morgan fingerprint density at radius 2 is 1.89 bits per heavy atom. The van der Waals surface area contributed by atoms with Gasteiger partial charge >= 0.3 is 0 Å². The minimum Gasteiger partial charge on any atom is -0.497 e. The van der Waals surface area contributed by atoms with Crippen LogP contribution in [0.15, 0.2) is 54.7 Å². The molecule has 142 valence electrons. The number of rotatable bonds is 8. The van der Waals surface area contributed by atoms with Crippen LogP contribution in [0.5, 0.6) is 5.75 Å². The van der Waals surface area contributed by atoms with Crippen LogP contribution in [0.25, 0.3) is 10.9 Å². The molecule has 1 amide bonds. The van der Waals surface area contributed by atoms with E-state index in [2.05, 4.69) is 52.1 Å². The molecule has 3 N–H and O–H groups in total. The lowest BCUT2D eigenvalue weighted by molar-refractivity contribution is -0.122. The zero-order valence-electron chi connectivity index (χ0n) is 16.1. The average Bonchev–Trinajstić information content (AvgIpc) is 3.12. The van der Waals surface area contributed by atoms with Gasteiger partial charge in [0, 0.05) is 36.1 Å². The number of aromatic amines is 1. The average molecular weight is 365 g/mol. The molecule has 0 aliphatic rings. The molecular weight excluding hydrogens is 338 g/mol. The van der Waals surface area contributed by atoms with Gasteiger partial charge in [-0.05, 0) is 43.2 Å². The van der Waals surface area contributed by atoms with Crippen molar-refractivity contribution < 1.29 is 9.53 Å². The summed E-state index contributed by atoms with van der Waals surface area (Å²) in [5.74, 6) is 0.967. The molecule has 1 heterocycles. The minimum absolute atomic E-state index is 0.0184. The van der Waals surface area contributed by atoms with Gasteiger partial charge in [0.15, 0.2) is 0 Å². The van der Waals surface area contributed by atoms with Crippen molar-refractivity contribution in [3.8, 4) is 5.75 Å². The van der Waals surface area contributed by atoms with Gasteiger partial charge in [-0.3, -0.25) is 4.79 Å². The topological polar surface area (TPSA) is 66.2 Å². The lowest BCUT2D eigenvalue weighted by atomic mass is 9.90. The number of benzene rings is 2. The van der Waals surface area contributed by atoms with Crippen molar-refractivity contribution >= 4 is 16.8 Å². The molecule has 0 aliphatic carbocycles. The van der Waals surface area contributed by atoms with Crippen molar-refractivity contribution in [3.63, 3.8) is 0 Å². The van der Waals surface area contributed by atoms with Crippen molar-refractivity contribution in [1.29, 1.82) is 0 Å². The van der Waals surface area contributed by atoms with Crippen molar-refractivity contribution in [2.24, 2.45) is 0 Å². The van der Waals surface area contributed by atoms with Gasteiger partial charge in [-0.1, -0.05) is 30.3 Å². The van der Waals surface area contributed by atoms with E-state index < -0.39 is 0 Å². The first-order chi connectivity index (χ1) is 13.1. The van der Waals surface area contributed by atoms with E-state index in [1.165, 1.54) is 16.5 Å². The predicted molar refractivity (Wildman–Crippen MR) is 109 cm³/mol. The summed E-state index contributed by atoms with van der Waals surface area (Å²) < 4.78 is 5.29. The first-order valence-corrected chi connectivity index (χ1v) is 9.35. The number of likely N-dealkylation sites (N-methyl/N-ethyl adjacent to an activating group) is 1. The molecule has 0 unspecified atom stereocenters. The molecule has 0 saturated heterocycles. The molecule has 5 nitrogen and oxygen atoms in total. The summed E-state index contributed by atoms with van der Waals surface area (Å²) >= 11 is 0. The molecule has 2 atom stereocenters. The number of hydrogen-bond acceptors (Lipinski definition) is 3. The molecule has 3 aromatic rings. The Labute approximate surface area is 160 Å². The van der Waals surface area contributed by atoms with Gasteiger partial charge in [-0.15, -0.1) is 0 Å². The molecule has 1 aromatic heterocycles. The lowest BCUT2D eigenvalue weighted by Gasteiger charge is -2.21. The molecule has 5 heteroatoms. The van der Waals surface area contributed by atoms with E-state index in [-0.39, 0.29) is 17.9 Å². The summed E-state index contributed by atoms with van der Waals surface area (Å²) in [5.41, 5.74) is 3.50. The lowest BCUT2D eigenvalue weighted by Crippen LogP contribution is -2.43. The van der Waals surface area contributed by atoms with Crippen molar-refractivity contribution in [2.75, 3.05) is 20.2 Å². The molecule has 0 fully saturated rings. The minimum atomic E-state index is -0.254. The number of H-pyrrole nitrogens is 1. The smallest absolute Gasteiger partial charge is 0.236 e. The standard InChI is InChI=1S/C22H27N3O2/c1-4-23-22(26)15(2)24-13-19(16-9-11-17(27-3)12-10-16)20-14-25-21-8-6-5-7-18(20)21/h5-12,14-15,19,24-25H,4,13H2,1-3H3,(H,23,26)/t15-,19+/m1/s1. The zero-order chi connectivity index (χ0) is 19.2. The number of amides is 1. The summed E-state index contributed by atoms with van der Waals surface area (Å²) in [4.78, 5) is 15.4. The maximum absolute atomic E-state index is 12.1. The maximum atomic E-state index is 12.1. The van der Waals surface area contributed by atoms with Crippen molar-refractivity contribution in [2.45, 2.75) is 25.8 Å². The Balaban J connectivity index is 1.90. The Bertz CT molecular complexity index is 886. The fourth-order valence-corrected chi connectivity index (χ4v) is 3.34. The number of ether oxygens (including phenoxy) is 1. The highest BCUT2D eigenvalue weighted by molar-refractivity contribution is 5.84. The van der Waals surface area contributed by atoms with Gasteiger partial charge in [-0.25, -0.2) is 0 Å². The number of carbonyl (C=O) groups excluding carboxylic acids is 1. The number of hydrogen-bond donors (Lipinski definition) is 3. The second kappa shape index (κ2) is 8.73. The molecule has 0 saturated carbocycles. The molecule has 0 aliphatic heterocycles. The number of methoxy groups -OCH3 is 1. The highest BCUT2D eigenvalue weighted by Gasteiger charge is 2.20. The van der Waals surface area contributed by atoms with Crippen LogP contribution in [-0.2, 0) is 4.79 Å². The summed E-state index contributed by atoms with van der Waals surface area (Å²) in [6.07, 6.45) is 2.07. The molecule has 3 rings (SSSR count). The van der Waals surface area contributed by atoms with E-state index in [9.17, 15) is 4.79 Å². The third-order valence-electron chi connectivity index (χ3n) is 4.89. The summed E-state index contributed by atoms with van der Waals surface area (Å²) in [6, 6.07) is 16.2. The quantitative estimate of drug-likeness (QED) is 0.573. The fraction of sp³-hybridized carbons (Fsp3) is 0.318. The van der Waals surface area contributed by atoms with Gasteiger partial charge < -0.3 is 20.4 Å². The first kappa shape index (κ1) is 19.0. The van der Waals surface area contributed by atoms with E-state index in [4.69, 9.17) is 4.74 Å². The Kier molecular flexibility index (Phi) is 6.14. The largest absolute Gasteiger partial charge is 0.497 e. The zero-order valence-corrected chi connectivity index (χ0v) is 16.1. The highest BCUT2D eigenvalue weighted by Crippen LogP contribution is 2.31. The number of carbonyl (C=O) groups is 1. The Morgan fingerprint density at radius 1 is 1.15 bits per heavy atom. The highest BCUT2D eigenvalue weighted by atomic mass is 16.5. The van der Waals surface area contributed by atoms with E-state index in [1.54, 1.807) is 7.11 Å². The Hall–Kier alpha value is -2.79. The van der Waals surface area contributed by atoms with Crippen LogP contribution in [0.2, 0.25) is 0 Å². The van der Waals surface area contributed by atoms with Gasteiger partial charge in [0.1, 0.15) is 5.75 Å². The van der Waals surface area contributed by atoms with Gasteiger partial charge in [0.25, 0.3) is 0 Å². The molecule has 0 bridgehead atoms. The molecule has 0 radical (unpaired) electrons. The van der Waals surface area contributed by atoms with Crippen LogP contribution in [0.3, 0.4) is 0 Å². The summed E-state index contributed by atoms with van der Waals surface area (Å²) in [6.45, 7) is 5.11. The van der Waals surface area contributed by atoms with Crippen LogP contribution < -0.4 is 15.4 Å². The van der Waals surface area contributed by atoms with E-state index in [1.807, 2.05) is 32.0 Å². The number of fused-ring (bicyclic) bond motifs is 1. The van der Waals surface area contributed by atoms with Gasteiger partial charge in [0.05, 0.1) is 13.2 Å². The Morgan fingerprint density at radius 3 is 2.59 bits per heavy atom. The molecule has 27 heavy (non-hydrogen) atoms. The molecule has 2 aromatic carbocycles. The molecular formula is C22H27N3O2. The number of nitrogens with one attached hydrogen (secondary N) is 3. The van der Waals surface area contributed by atoms with Crippen LogP contribution in [0, 0.1) is 0 Å². The second-order valence-corrected chi connectivity index (χ2v) is 6.64. The van der Waals surface area contributed by atoms with Crippen LogP contribution >= 0.6 is 0 Å². The van der Waals surface area contributed by atoms with Gasteiger partial charge in [-0.2, -0.15) is 0 Å². The van der Waals surface area contributed by atoms with E-state index in [0.29, 0.717) is 13.1 Å². The van der Waals surface area contributed by atoms with Crippen molar-refractivity contribution in [3.05, 3.63) is 65.9 Å². The number of aromatic nitrogens is 1. The van der Waals surface area contributed by atoms with E-state index in [0.717, 1.165) is 11.3 Å². The van der Waals surface area contributed by atoms with Gasteiger partial charge in [0.2, 0.25) is 5.91 Å². The summed E-state index contributed by atoms with van der Waals surface area (Å²) in [7, 11) is 1.67. The van der Waals surface area contributed by atoms with Crippen LogP contribution in [0.4, 0.5) is 0 Å². The second-order valence-electron chi connectivity index (χ2n) is 6.64. The predicted octanol–water partition coefficient (Wildman–Crippen LogP) is 3.42. The molecule has 0 spiro atoms. The van der Waals surface area contributed by atoms with Crippen LogP contribution in [-0.4, -0.2) is 37.1 Å².